The quantitative estimate of drug-likeness (QED) is 0.527. The molecule has 0 saturated heterocycles. The first-order chi connectivity index (χ1) is 5.20. The van der Waals surface area contributed by atoms with E-state index < -0.39 is 0 Å². The van der Waals surface area contributed by atoms with Crippen LogP contribution in [0.15, 0.2) is 3.21 Å². The van der Waals surface area contributed by atoms with E-state index in [-0.39, 0.29) is 0 Å². The highest BCUT2D eigenvalue weighted by molar-refractivity contribution is 14.1. The fourth-order valence-electron chi connectivity index (χ4n) is 1.13. The molecule has 0 amide bonds. The molecule has 1 unspecified atom stereocenters. The normalized spacial score (nSPS) is 15.1. The Morgan fingerprint density at radius 3 is 2.55 bits per heavy atom. The Hall–Kier alpha value is 0.400. The van der Waals surface area contributed by atoms with E-state index in [1.165, 1.54) is 31.4 Å². The Kier molecular flexibility index (Phi) is 7.33. The third-order valence-electron chi connectivity index (χ3n) is 1.92. The summed E-state index contributed by atoms with van der Waals surface area (Å²) in [4.78, 5) is 0. The van der Waals surface area contributed by atoms with Gasteiger partial charge in [-0.25, -0.2) is 3.21 Å². The molecule has 1 atom stereocenters. The maximum atomic E-state index is 4.11. The third kappa shape index (κ3) is 6.78. The van der Waals surface area contributed by atoms with Crippen LogP contribution in [0.2, 0.25) is 0 Å². The van der Waals surface area contributed by atoms with E-state index in [0.29, 0.717) is 0 Å². The lowest BCUT2D eigenvalue weighted by molar-refractivity contribution is 0.496. The fourth-order valence-corrected chi connectivity index (χ4v) is 1.38. The monoisotopic (exact) mass is 267 g/mol. The van der Waals surface area contributed by atoms with Gasteiger partial charge in [0.25, 0.3) is 0 Å². The molecule has 66 valence electrons. The Labute approximate surface area is 84.2 Å². The molecule has 0 N–H and O–H groups in total. The summed E-state index contributed by atoms with van der Waals surface area (Å²) in [7, 11) is 0. The topological polar surface area (TPSA) is 12.4 Å². The summed E-state index contributed by atoms with van der Waals surface area (Å²) >= 11 is 2.07. The minimum absolute atomic E-state index is 0.869. The van der Waals surface area contributed by atoms with Gasteiger partial charge >= 0.3 is 0 Å². The third-order valence-corrected chi connectivity index (χ3v) is 2.75. The fraction of sp³-hybridized carbons (Fsp3) is 0.889. The van der Waals surface area contributed by atoms with Crippen LogP contribution in [0.25, 0.3) is 0 Å². The number of hydrogen-bond donors (Lipinski definition) is 0. The van der Waals surface area contributed by atoms with Crippen LogP contribution in [0.1, 0.15) is 46.5 Å². The molecule has 0 radical (unpaired) electrons. The van der Waals surface area contributed by atoms with Crippen molar-refractivity contribution in [3.05, 3.63) is 0 Å². The smallest absolute Gasteiger partial charge is 0.0830 e. The van der Waals surface area contributed by atoms with Gasteiger partial charge in [0.05, 0.1) is 22.9 Å². The summed E-state index contributed by atoms with van der Waals surface area (Å²) in [6.45, 7) is 6.67. The number of halogens is 1. The summed E-state index contributed by atoms with van der Waals surface area (Å²) in [6, 6.07) is 0. The van der Waals surface area contributed by atoms with Crippen molar-refractivity contribution in [1.82, 2.24) is 0 Å². The average molecular weight is 267 g/mol. The molecule has 0 heterocycles. The van der Waals surface area contributed by atoms with Crippen LogP contribution in [0.5, 0.6) is 0 Å². The zero-order valence-electron chi connectivity index (χ0n) is 7.73. The van der Waals surface area contributed by atoms with E-state index in [1.54, 1.807) is 0 Å². The predicted octanol–water partition coefficient (Wildman–Crippen LogP) is 4.01. The summed E-state index contributed by atoms with van der Waals surface area (Å²) < 4.78 is 4.11. The van der Waals surface area contributed by atoms with Crippen LogP contribution in [-0.4, -0.2) is 5.71 Å². The van der Waals surface area contributed by atoms with E-state index >= 15 is 0 Å². The van der Waals surface area contributed by atoms with Crippen LogP contribution < -0.4 is 0 Å². The van der Waals surface area contributed by atoms with Crippen molar-refractivity contribution in [3.8, 4) is 0 Å². The molecule has 0 bridgehead atoms. The minimum Gasteiger partial charge on any atom is -0.224 e. The Bertz CT molecular complexity index is 121. The van der Waals surface area contributed by atoms with Crippen molar-refractivity contribution >= 4 is 28.6 Å². The Balaban J connectivity index is 3.37. The van der Waals surface area contributed by atoms with Crippen LogP contribution in [0, 0.1) is 5.92 Å². The van der Waals surface area contributed by atoms with Crippen molar-refractivity contribution < 1.29 is 0 Å². The van der Waals surface area contributed by atoms with Gasteiger partial charge in [0.2, 0.25) is 0 Å². The average Bonchev–Trinajstić information content (AvgIpc) is 2.01. The Morgan fingerprint density at radius 1 is 1.45 bits per heavy atom. The Morgan fingerprint density at radius 2 is 2.09 bits per heavy atom. The summed E-state index contributed by atoms with van der Waals surface area (Å²) in [5.74, 6) is 0.869. The van der Waals surface area contributed by atoms with Crippen molar-refractivity contribution in [2.24, 2.45) is 9.12 Å². The lowest BCUT2D eigenvalue weighted by Gasteiger charge is -2.08. The van der Waals surface area contributed by atoms with Gasteiger partial charge < -0.3 is 0 Å². The maximum absolute atomic E-state index is 4.11. The lowest BCUT2D eigenvalue weighted by Crippen LogP contribution is -1.98. The second kappa shape index (κ2) is 7.07. The number of hydrogen-bond acceptors (Lipinski definition) is 1. The summed E-state index contributed by atoms with van der Waals surface area (Å²) in [5, 5.41) is 0. The molecule has 0 aromatic rings. The summed E-state index contributed by atoms with van der Waals surface area (Å²) in [5.41, 5.74) is 1.27. The van der Waals surface area contributed by atoms with Gasteiger partial charge in [0, 0.05) is 5.71 Å². The first-order valence-corrected chi connectivity index (χ1v) is 5.31. The molecule has 0 aromatic heterocycles. The largest absolute Gasteiger partial charge is 0.224 e. The highest BCUT2D eigenvalue weighted by Crippen LogP contribution is 2.12. The van der Waals surface area contributed by atoms with Crippen LogP contribution in [0.3, 0.4) is 0 Å². The zero-order valence-corrected chi connectivity index (χ0v) is 9.89. The molecule has 11 heavy (non-hydrogen) atoms. The zero-order chi connectivity index (χ0) is 8.69. The second-order valence-electron chi connectivity index (χ2n) is 3.25. The van der Waals surface area contributed by atoms with Crippen molar-refractivity contribution in [3.63, 3.8) is 0 Å². The van der Waals surface area contributed by atoms with E-state index in [1.807, 2.05) is 0 Å². The molecule has 0 spiro atoms. The number of nitrogens with zero attached hydrogens (tertiary/aromatic N) is 1. The highest BCUT2D eigenvalue weighted by Gasteiger charge is 2.00. The molecule has 0 aliphatic rings. The van der Waals surface area contributed by atoms with Gasteiger partial charge in [-0.3, -0.25) is 0 Å². The highest BCUT2D eigenvalue weighted by atomic mass is 127. The van der Waals surface area contributed by atoms with Crippen LogP contribution >= 0.6 is 22.9 Å². The molecule has 0 saturated carbocycles. The molecular weight excluding hydrogens is 249 g/mol. The minimum atomic E-state index is 0.869. The van der Waals surface area contributed by atoms with Gasteiger partial charge in [0.1, 0.15) is 0 Å². The first kappa shape index (κ1) is 11.4. The lowest BCUT2D eigenvalue weighted by atomic mass is 9.99. The van der Waals surface area contributed by atoms with Gasteiger partial charge in [-0.1, -0.05) is 26.7 Å². The maximum Gasteiger partial charge on any atom is 0.0830 e. The summed E-state index contributed by atoms with van der Waals surface area (Å²) in [6.07, 6.45) is 5.13. The van der Waals surface area contributed by atoms with Crippen molar-refractivity contribution in [1.29, 1.82) is 0 Å². The molecule has 1 nitrogen and oxygen atoms in total. The second-order valence-corrected chi connectivity index (χ2v) is 3.73. The SMILES string of the molecule is CCCC(C)CC/C(C)=N\I. The van der Waals surface area contributed by atoms with Gasteiger partial charge in [-0.05, 0) is 25.7 Å². The number of rotatable bonds is 5. The molecular formula is C9H18IN. The predicted molar refractivity (Wildman–Crippen MR) is 60.4 cm³/mol. The van der Waals surface area contributed by atoms with E-state index in [2.05, 4.69) is 46.8 Å². The van der Waals surface area contributed by atoms with Crippen molar-refractivity contribution in [2.75, 3.05) is 0 Å². The standard InChI is InChI=1S/C9H18IN/c1-4-5-8(2)6-7-9(3)11-10/h8H,4-7H2,1-3H3/b11-9-. The van der Waals surface area contributed by atoms with Gasteiger partial charge in [0.15, 0.2) is 0 Å². The van der Waals surface area contributed by atoms with Crippen LogP contribution in [-0.2, 0) is 0 Å². The van der Waals surface area contributed by atoms with E-state index in [0.717, 1.165) is 5.92 Å². The molecule has 0 aliphatic heterocycles. The molecule has 0 fully saturated rings. The van der Waals surface area contributed by atoms with E-state index in [9.17, 15) is 0 Å². The van der Waals surface area contributed by atoms with Crippen LogP contribution in [0.4, 0.5) is 0 Å². The van der Waals surface area contributed by atoms with E-state index in [4.69, 9.17) is 0 Å². The molecule has 0 aliphatic carbocycles. The molecule has 0 rings (SSSR count). The van der Waals surface area contributed by atoms with Gasteiger partial charge in [-0.2, -0.15) is 0 Å². The van der Waals surface area contributed by atoms with Crippen molar-refractivity contribution in [2.45, 2.75) is 46.5 Å². The first-order valence-electron chi connectivity index (χ1n) is 4.35. The molecule has 0 aromatic carbocycles. The van der Waals surface area contributed by atoms with Gasteiger partial charge in [-0.15, -0.1) is 0 Å². The molecule has 2 heteroatoms.